The van der Waals surface area contributed by atoms with Gasteiger partial charge in [-0.05, 0) is 38.1 Å². The van der Waals surface area contributed by atoms with E-state index in [4.69, 9.17) is 0 Å². The molecule has 0 bridgehead atoms. The zero-order valence-electron chi connectivity index (χ0n) is 16.0. The molecule has 8 heteroatoms. The van der Waals surface area contributed by atoms with Crippen LogP contribution in [0.2, 0.25) is 0 Å². The van der Waals surface area contributed by atoms with Gasteiger partial charge in [0.05, 0.1) is 18.3 Å². The minimum Gasteiger partial charge on any atom is -0.333 e. The van der Waals surface area contributed by atoms with Crippen molar-refractivity contribution in [1.29, 1.82) is 0 Å². The third-order valence-corrected chi connectivity index (χ3v) is 4.99. The van der Waals surface area contributed by atoms with Crippen LogP contribution in [0.15, 0.2) is 24.3 Å². The number of nitrogens with one attached hydrogen (secondary N) is 1. The van der Waals surface area contributed by atoms with Gasteiger partial charge in [0.1, 0.15) is 5.82 Å². The third kappa shape index (κ3) is 3.94. The molecule has 0 radical (unpaired) electrons. The maximum absolute atomic E-state index is 13.1. The molecular weight excluding hydrogens is 349 g/mol. The molecule has 0 aliphatic carbocycles. The minimum absolute atomic E-state index is 0.0893. The molecule has 0 unspecified atom stereocenters. The number of amides is 3. The van der Waals surface area contributed by atoms with E-state index in [1.54, 1.807) is 33.7 Å². The Morgan fingerprint density at radius 3 is 2.59 bits per heavy atom. The lowest BCUT2D eigenvalue weighted by Gasteiger charge is -2.21. The van der Waals surface area contributed by atoms with E-state index in [0.717, 1.165) is 17.0 Å². The van der Waals surface area contributed by atoms with Crippen LogP contribution >= 0.6 is 0 Å². The van der Waals surface area contributed by atoms with Gasteiger partial charge in [0.15, 0.2) is 0 Å². The number of halogens is 1. The molecule has 2 aromatic rings. The van der Waals surface area contributed by atoms with Crippen molar-refractivity contribution in [3.05, 3.63) is 47.0 Å². The maximum atomic E-state index is 13.1. The summed E-state index contributed by atoms with van der Waals surface area (Å²) >= 11 is 0. The Kier molecular flexibility index (Phi) is 5.16. The third-order valence-electron chi connectivity index (χ3n) is 4.99. The Bertz CT molecular complexity index is 862. The second-order valence-electron chi connectivity index (χ2n) is 6.96. The number of anilines is 1. The summed E-state index contributed by atoms with van der Waals surface area (Å²) in [5, 5.41) is 7.28. The normalized spacial score (nSPS) is 16.7. The van der Waals surface area contributed by atoms with Crippen LogP contribution in [0.3, 0.4) is 0 Å². The Hall–Kier alpha value is -2.90. The highest BCUT2D eigenvalue weighted by Crippen LogP contribution is 2.22. The molecule has 27 heavy (non-hydrogen) atoms. The molecule has 1 aliphatic rings. The average Bonchev–Trinajstić information content (AvgIpc) is 3.09. The first kappa shape index (κ1) is 18.9. The number of nitrogens with zero attached hydrogens (tertiary/aromatic N) is 4. The fourth-order valence-corrected chi connectivity index (χ4v) is 3.31. The summed E-state index contributed by atoms with van der Waals surface area (Å²) in [4.78, 5) is 28.0. The molecule has 0 saturated carbocycles. The van der Waals surface area contributed by atoms with Crippen molar-refractivity contribution in [2.45, 2.75) is 32.9 Å². The van der Waals surface area contributed by atoms with Crippen molar-refractivity contribution < 1.29 is 14.0 Å². The van der Waals surface area contributed by atoms with Crippen LogP contribution in [-0.4, -0.2) is 46.3 Å². The van der Waals surface area contributed by atoms with E-state index >= 15 is 0 Å². The van der Waals surface area contributed by atoms with Gasteiger partial charge in [-0.3, -0.25) is 9.48 Å². The fraction of sp³-hybridized carbons (Fsp3) is 0.421. The summed E-state index contributed by atoms with van der Waals surface area (Å²) in [5.74, 6) is -0.439. The number of urea groups is 1. The SMILES string of the molecule is Cc1nn(C)c(C)c1CN(C)C(=O)N[C@H]1CC(=O)N(c2ccc(F)cc2)C1. The number of aromatic nitrogens is 2. The van der Waals surface area contributed by atoms with Gasteiger partial charge in [0.25, 0.3) is 0 Å². The maximum Gasteiger partial charge on any atom is 0.317 e. The largest absolute Gasteiger partial charge is 0.333 e. The first-order valence-corrected chi connectivity index (χ1v) is 8.83. The monoisotopic (exact) mass is 373 g/mol. The number of hydrogen-bond donors (Lipinski definition) is 1. The zero-order valence-corrected chi connectivity index (χ0v) is 16.0. The summed E-state index contributed by atoms with van der Waals surface area (Å²) in [5.41, 5.74) is 3.57. The number of carbonyl (C=O) groups excluding carboxylic acids is 2. The van der Waals surface area contributed by atoms with Gasteiger partial charge in [-0.1, -0.05) is 0 Å². The molecule has 1 fully saturated rings. The highest BCUT2D eigenvalue weighted by Gasteiger charge is 2.32. The number of aryl methyl sites for hydroxylation is 2. The van der Waals surface area contributed by atoms with Gasteiger partial charge in [-0.25, -0.2) is 9.18 Å². The topological polar surface area (TPSA) is 70.5 Å². The molecule has 3 rings (SSSR count). The van der Waals surface area contributed by atoms with Crippen molar-refractivity contribution in [3.8, 4) is 0 Å². The minimum atomic E-state index is -0.349. The van der Waals surface area contributed by atoms with Crippen LogP contribution in [0, 0.1) is 19.7 Å². The van der Waals surface area contributed by atoms with Gasteiger partial charge < -0.3 is 15.1 Å². The lowest BCUT2D eigenvalue weighted by molar-refractivity contribution is -0.117. The Morgan fingerprint density at radius 2 is 2.00 bits per heavy atom. The molecule has 7 nitrogen and oxygen atoms in total. The van der Waals surface area contributed by atoms with Crippen LogP contribution in [0.1, 0.15) is 23.4 Å². The van der Waals surface area contributed by atoms with Crippen molar-refractivity contribution in [1.82, 2.24) is 20.0 Å². The summed E-state index contributed by atoms with van der Waals surface area (Å²) in [6, 6.07) is 5.25. The molecule has 2 heterocycles. The number of hydrogen-bond acceptors (Lipinski definition) is 3. The number of rotatable bonds is 4. The van der Waals surface area contributed by atoms with Gasteiger partial charge in [0.2, 0.25) is 5.91 Å². The Labute approximate surface area is 157 Å². The molecule has 3 amide bonds. The molecule has 1 saturated heterocycles. The molecule has 1 aromatic carbocycles. The van der Waals surface area contributed by atoms with Gasteiger partial charge in [-0.2, -0.15) is 5.10 Å². The predicted molar refractivity (Wildman–Crippen MR) is 99.8 cm³/mol. The highest BCUT2D eigenvalue weighted by molar-refractivity contribution is 5.96. The van der Waals surface area contributed by atoms with Crippen molar-refractivity contribution in [3.63, 3.8) is 0 Å². The second kappa shape index (κ2) is 7.38. The van der Waals surface area contributed by atoms with Crippen LogP contribution in [-0.2, 0) is 18.4 Å². The first-order valence-electron chi connectivity index (χ1n) is 8.83. The highest BCUT2D eigenvalue weighted by atomic mass is 19.1. The van der Waals surface area contributed by atoms with Gasteiger partial charge in [-0.15, -0.1) is 0 Å². The summed E-state index contributed by atoms with van der Waals surface area (Å²) in [6.45, 7) is 4.70. The van der Waals surface area contributed by atoms with Crippen molar-refractivity contribution in [2.75, 3.05) is 18.5 Å². The van der Waals surface area contributed by atoms with E-state index in [9.17, 15) is 14.0 Å². The van der Waals surface area contributed by atoms with Crippen LogP contribution < -0.4 is 10.2 Å². The quantitative estimate of drug-likeness (QED) is 0.893. The molecule has 1 atom stereocenters. The molecule has 1 aromatic heterocycles. The lowest BCUT2D eigenvalue weighted by Crippen LogP contribution is -2.44. The zero-order chi connectivity index (χ0) is 19.7. The van der Waals surface area contributed by atoms with E-state index in [-0.39, 0.29) is 30.2 Å². The predicted octanol–water partition coefficient (Wildman–Crippen LogP) is 2.12. The smallest absolute Gasteiger partial charge is 0.317 e. The van der Waals surface area contributed by atoms with Gasteiger partial charge in [0, 0.05) is 44.0 Å². The number of carbonyl (C=O) groups is 2. The summed E-state index contributed by atoms with van der Waals surface area (Å²) in [7, 11) is 3.59. The standard InChI is InChI=1S/C19H24FN5O2/c1-12-17(13(2)24(4)22-12)11-23(3)19(27)21-15-9-18(26)25(10-15)16-7-5-14(20)6-8-16/h5-8,15H,9-11H2,1-4H3,(H,21,27)/t15-/m0/s1. The first-order chi connectivity index (χ1) is 12.8. The van der Waals surface area contributed by atoms with Crippen LogP contribution in [0.4, 0.5) is 14.9 Å². The molecule has 0 spiro atoms. The van der Waals surface area contributed by atoms with E-state index in [0.29, 0.717) is 18.8 Å². The summed E-state index contributed by atoms with van der Waals surface area (Å²) in [6.07, 6.45) is 0.224. The molecule has 1 N–H and O–H groups in total. The Morgan fingerprint density at radius 1 is 1.33 bits per heavy atom. The van der Waals surface area contributed by atoms with Crippen LogP contribution in [0.25, 0.3) is 0 Å². The van der Waals surface area contributed by atoms with E-state index in [2.05, 4.69) is 10.4 Å². The van der Waals surface area contributed by atoms with Crippen molar-refractivity contribution >= 4 is 17.6 Å². The average molecular weight is 373 g/mol. The Balaban J connectivity index is 1.61. The van der Waals surface area contributed by atoms with Gasteiger partial charge >= 0.3 is 6.03 Å². The van der Waals surface area contributed by atoms with Crippen molar-refractivity contribution in [2.24, 2.45) is 7.05 Å². The van der Waals surface area contributed by atoms with E-state index in [1.165, 1.54) is 12.1 Å². The molecular formula is C19H24FN5O2. The molecule has 1 aliphatic heterocycles. The van der Waals surface area contributed by atoms with Crippen LogP contribution in [0.5, 0.6) is 0 Å². The second-order valence-corrected chi connectivity index (χ2v) is 6.96. The lowest BCUT2D eigenvalue weighted by atomic mass is 10.2. The molecule has 144 valence electrons. The fourth-order valence-electron chi connectivity index (χ4n) is 3.31. The summed E-state index contributed by atoms with van der Waals surface area (Å²) < 4.78 is 14.9. The van der Waals surface area contributed by atoms with E-state index < -0.39 is 0 Å². The number of benzene rings is 1. The van der Waals surface area contributed by atoms with E-state index in [1.807, 2.05) is 20.9 Å².